The molecule has 0 amide bonds. The van der Waals surface area contributed by atoms with Crippen LogP contribution in [0.25, 0.3) is 0 Å². The molecule has 0 aromatic carbocycles. The second-order valence-electron chi connectivity index (χ2n) is 6.06. The Hall–Kier alpha value is -1.94. The van der Waals surface area contributed by atoms with Crippen LogP contribution in [0.4, 0.5) is 5.82 Å². The van der Waals surface area contributed by atoms with Gasteiger partial charge in [0.25, 0.3) is 0 Å². The summed E-state index contributed by atoms with van der Waals surface area (Å²) >= 11 is 0. The Labute approximate surface area is 132 Å². The lowest BCUT2D eigenvalue weighted by Crippen LogP contribution is -2.23. The number of hydrogen-bond acceptors (Lipinski definition) is 4. The van der Waals surface area contributed by atoms with E-state index in [1.165, 1.54) is 18.4 Å². The first kappa shape index (κ1) is 15.0. The highest BCUT2D eigenvalue weighted by atomic mass is 15.2. The zero-order chi connectivity index (χ0) is 15.4. The molecule has 1 atom stereocenters. The van der Waals surface area contributed by atoms with Gasteiger partial charge in [0.2, 0.25) is 0 Å². The maximum absolute atomic E-state index is 4.63. The summed E-state index contributed by atoms with van der Waals surface area (Å²) in [6.07, 6.45) is 6.43. The topological polar surface area (TPSA) is 32.3 Å². The Morgan fingerprint density at radius 3 is 2.59 bits per heavy atom. The van der Waals surface area contributed by atoms with Gasteiger partial charge in [-0.25, -0.2) is 4.98 Å². The van der Waals surface area contributed by atoms with Gasteiger partial charge in [0.1, 0.15) is 5.82 Å². The minimum absolute atomic E-state index is 0.291. The second-order valence-corrected chi connectivity index (χ2v) is 6.06. The van der Waals surface area contributed by atoms with Gasteiger partial charge in [0.15, 0.2) is 0 Å². The molecule has 2 aromatic heterocycles. The molecule has 0 spiro atoms. The maximum atomic E-state index is 4.63. The fourth-order valence-corrected chi connectivity index (χ4v) is 2.92. The van der Waals surface area contributed by atoms with E-state index < -0.39 is 0 Å². The van der Waals surface area contributed by atoms with Gasteiger partial charge in [0.05, 0.1) is 5.69 Å². The van der Waals surface area contributed by atoms with Crippen molar-refractivity contribution in [1.82, 2.24) is 14.9 Å². The molecule has 3 heterocycles. The number of aromatic nitrogens is 2. The van der Waals surface area contributed by atoms with Gasteiger partial charge in [0, 0.05) is 38.1 Å². The van der Waals surface area contributed by atoms with Gasteiger partial charge in [-0.15, -0.1) is 0 Å². The highest BCUT2D eigenvalue weighted by Gasteiger charge is 2.15. The summed E-state index contributed by atoms with van der Waals surface area (Å²) < 4.78 is 0. The summed E-state index contributed by atoms with van der Waals surface area (Å²) in [7, 11) is 2.13. The van der Waals surface area contributed by atoms with Gasteiger partial charge in [-0.05, 0) is 50.6 Å². The Morgan fingerprint density at radius 2 is 1.95 bits per heavy atom. The van der Waals surface area contributed by atoms with E-state index >= 15 is 0 Å². The summed E-state index contributed by atoms with van der Waals surface area (Å²) in [5.41, 5.74) is 2.35. The molecule has 1 aliphatic rings. The van der Waals surface area contributed by atoms with Crippen molar-refractivity contribution in [3.63, 3.8) is 0 Å². The van der Waals surface area contributed by atoms with E-state index in [0.717, 1.165) is 31.1 Å². The highest BCUT2D eigenvalue weighted by molar-refractivity contribution is 5.40. The summed E-state index contributed by atoms with van der Waals surface area (Å²) in [6, 6.07) is 10.7. The van der Waals surface area contributed by atoms with Crippen LogP contribution >= 0.6 is 0 Å². The maximum Gasteiger partial charge on any atom is 0.128 e. The third-order valence-corrected chi connectivity index (χ3v) is 4.45. The van der Waals surface area contributed by atoms with Gasteiger partial charge in [-0.1, -0.05) is 12.1 Å². The first-order valence-electron chi connectivity index (χ1n) is 8.05. The van der Waals surface area contributed by atoms with E-state index in [4.69, 9.17) is 0 Å². The molecule has 1 fully saturated rings. The molecule has 0 N–H and O–H groups in total. The van der Waals surface area contributed by atoms with Crippen molar-refractivity contribution < 1.29 is 0 Å². The molecule has 22 heavy (non-hydrogen) atoms. The van der Waals surface area contributed by atoms with Gasteiger partial charge in [-0.2, -0.15) is 0 Å². The zero-order valence-electron chi connectivity index (χ0n) is 13.4. The molecule has 1 saturated heterocycles. The molecule has 0 radical (unpaired) electrons. The van der Waals surface area contributed by atoms with Crippen LogP contribution in [0.5, 0.6) is 0 Å². The van der Waals surface area contributed by atoms with Crippen molar-refractivity contribution in [2.75, 3.05) is 25.0 Å². The molecule has 1 aliphatic heterocycles. The average molecular weight is 296 g/mol. The van der Waals surface area contributed by atoms with Crippen LogP contribution in [-0.2, 0) is 6.54 Å². The number of hydrogen-bond donors (Lipinski definition) is 0. The van der Waals surface area contributed by atoms with Gasteiger partial charge < -0.3 is 4.90 Å². The van der Waals surface area contributed by atoms with Crippen molar-refractivity contribution in [3.8, 4) is 0 Å². The van der Waals surface area contributed by atoms with Crippen molar-refractivity contribution in [2.24, 2.45) is 0 Å². The van der Waals surface area contributed by atoms with E-state index in [9.17, 15) is 0 Å². The largest absolute Gasteiger partial charge is 0.357 e. The zero-order valence-corrected chi connectivity index (χ0v) is 13.4. The predicted octanol–water partition coefficient (Wildman–Crippen LogP) is 3.27. The lowest BCUT2D eigenvalue weighted by atomic mass is 10.1. The fraction of sp³-hybridized carbons (Fsp3) is 0.444. The SMILES string of the molecule is CC(c1ccccn1)N(C)Cc1ccc(N2CCCC2)nc1. The minimum atomic E-state index is 0.291. The third kappa shape index (κ3) is 3.45. The number of nitrogens with zero attached hydrogens (tertiary/aromatic N) is 4. The summed E-state index contributed by atoms with van der Waals surface area (Å²) in [4.78, 5) is 13.7. The molecular formula is C18H24N4. The molecule has 0 bridgehead atoms. The molecule has 116 valence electrons. The summed E-state index contributed by atoms with van der Waals surface area (Å²) in [6.45, 7) is 5.35. The van der Waals surface area contributed by atoms with Gasteiger partial charge in [-0.3, -0.25) is 9.88 Å². The monoisotopic (exact) mass is 296 g/mol. The van der Waals surface area contributed by atoms with Crippen molar-refractivity contribution in [3.05, 3.63) is 54.0 Å². The van der Waals surface area contributed by atoms with E-state index in [-0.39, 0.29) is 0 Å². The average Bonchev–Trinajstić information content (AvgIpc) is 3.10. The second kappa shape index (κ2) is 6.88. The van der Waals surface area contributed by atoms with Crippen LogP contribution in [0.2, 0.25) is 0 Å². The van der Waals surface area contributed by atoms with E-state index in [1.54, 1.807) is 0 Å². The molecule has 1 unspecified atom stereocenters. The number of pyridine rings is 2. The molecule has 4 heteroatoms. The fourth-order valence-electron chi connectivity index (χ4n) is 2.92. The molecule has 2 aromatic rings. The minimum Gasteiger partial charge on any atom is -0.357 e. The van der Waals surface area contributed by atoms with Crippen molar-refractivity contribution >= 4 is 5.82 Å². The number of anilines is 1. The highest BCUT2D eigenvalue weighted by Crippen LogP contribution is 2.20. The summed E-state index contributed by atoms with van der Waals surface area (Å²) in [5.74, 6) is 1.11. The number of rotatable bonds is 5. The van der Waals surface area contributed by atoms with E-state index in [2.05, 4.69) is 51.9 Å². The van der Waals surface area contributed by atoms with E-state index in [0.29, 0.717) is 6.04 Å². The van der Waals surface area contributed by atoms with Crippen LogP contribution in [-0.4, -0.2) is 35.0 Å². The quantitative estimate of drug-likeness (QED) is 0.847. The van der Waals surface area contributed by atoms with Crippen LogP contribution in [0, 0.1) is 0 Å². The van der Waals surface area contributed by atoms with E-state index in [1.807, 2.05) is 24.5 Å². The van der Waals surface area contributed by atoms with Crippen LogP contribution < -0.4 is 4.90 Å². The Morgan fingerprint density at radius 1 is 1.14 bits per heavy atom. The third-order valence-electron chi connectivity index (χ3n) is 4.45. The smallest absolute Gasteiger partial charge is 0.128 e. The van der Waals surface area contributed by atoms with Crippen LogP contribution in [0.1, 0.15) is 37.1 Å². The predicted molar refractivity (Wildman–Crippen MR) is 89.8 cm³/mol. The normalized spacial score (nSPS) is 16.2. The molecule has 0 aliphatic carbocycles. The first-order valence-corrected chi connectivity index (χ1v) is 8.05. The van der Waals surface area contributed by atoms with Gasteiger partial charge >= 0.3 is 0 Å². The molecule has 3 rings (SSSR count). The first-order chi connectivity index (χ1) is 10.7. The summed E-state index contributed by atoms with van der Waals surface area (Å²) in [5, 5.41) is 0. The molecule has 0 saturated carbocycles. The molecule has 4 nitrogen and oxygen atoms in total. The Bertz CT molecular complexity index is 576. The Balaban J connectivity index is 1.62. The standard InChI is InChI=1S/C18H24N4/c1-15(17-7-3-4-10-19-17)21(2)14-16-8-9-18(20-13-16)22-11-5-6-12-22/h3-4,7-10,13,15H,5-6,11-12,14H2,1-2H3. The molecular weight excluding hydrogens is 272 g/mol. The Kier molecular flexibility index (Phi) is 4.68. The van der Waals surface area contributed by atoms with Crippen molar-refractivity contribution in [1.29, 1.82) is 0 Å². The van der Waals surface area contributed by atoms with Crippen molar-refractivity contribution in [2.45, 2.75) is 32.4 Å². The van der Waals surface area contributed by atoms with Crippen LogP contribution in [0.15, 0.2) is 42.7 Å². The lowest BCUT2D eigenvalue weighted by Gasteiger charge is -2.24. The lowest BCUT2D eigenvalue weighted by molar-refractivity contribution is 0.248. The van der Waals surface area contributed by atoms with Crippen LogP contribution in [0.3, 0.4) is 0 Å².